The second-order valence-corrected chi connectivity index (χ2v) is 6.57. The Bertz CT molecular complexity index is 1080. The van der Waals surface area contributed by atoms with Gasteiger partial charge in [0.25, 0.3) is 0 Å². The summed E-state index contributed by atoms with van der Waals surface area (Å²) in [7, 11) is 0. The van der Waals surface area contributed by atoms with Crippen LogP contribution in [0.3, 0.4) is 0 Å². The van der Waals surface area contributed by atoms with Crippen molar-refractivity contribution >= 4 is 17.0 Å². The Kier molecular flexibility index (Phi) is 5.14. The lowest BCUT2D eigenvalue weighted by atomic mass is 10.1. The van der Waals surface area contributed by atoms with Crippen molar-refractivity contribution in [3.05, 3.63) is 48.0 Å². The Labute approximate surface area is 165 Å². The molecule has 1 aromatic carbocycles. The van der Waals surface area contributed by atoms with E-state index in [9.17, 15) is 20.4 Å². The van der Waals surface area contributed by atoms with Crippen LogP contribution in [0, 0.1) is 11.8 Å². The van der Waals surface area contributed by atoms with Crippen molar-refractivity contribution in [2.24, 2.45) is 0 Å². The van der Waals surface area contributed by atoms with Crippen LogP contribution in [0.15, 0.2) is 36.7 Å². The largest absolute Gasteiger partial charge is 0.394 e. The molecule has 2 aromatic heterocycles. The van der Waals surface area contributed by atoms with Crippen molar-refractivity contribution in [1.82, 2.24) is 19.5 Å². The molecule has 150 valence electrons. The van der Waals surface area contributed by atoms with Gasteiger partial charge in [-0.05, 0) is 11.5 Å². The molecule has 0 aliphatic carbocycles. The van der Waals surface area contributed by atoms with Crippen molar-refractivity contribution in [2.75, 3.05) is 12.3 Å². The summed E-state index contributed by atoms with van der Waals surface area (Å²) >= 11 is 0. The van der Waals surface area contributed by atoms with Gasteiger partial charge in [0.1, 0.15) is 29.9 Å². The van der Waals surface area contributed by atoms with E-state index in [1.165, 1.54) is 10.9 Å². The number of aliphatic hydroxyl groups is 4. The zero-order valence-electron chi connectivity index (χ0n) is 15.1. The van der Waals surface area contributed by atoms with Crippen molar-refractivity contribution in [3.8, 4) is 11.8 Å². The maximum Gasteiger partial charge on any atom is 0.209 e. The van der Waals surface area contributed by atoms with Crippen LogP contribution in [0.4, 0.5) is 5.82 Å². The SMILES string of the molecule is Nc1nc(C#C[C@@H](O)c2ccccc2)nc2c1ncn2[C@@H]1O[C@H](CO)[C@@H](O)[C@H]1O. The van der Waals surface area contributed by atoms with Crippen LogP contribution in [0.5, 0.6) is 0 Å². The van der Waals surface area contributed by atoms with Gasteiger partial charge in [-0.15, -0.1) is 0 Å². The van der Waals surface area contributed by atoms with Gasteiger partial charge in [-0.2, -0.15) is 0 Å². The number of nitrogens with zero attached hydrogens (tertiary/aromatic N) is 4. The molecule has 1 saturated heterocycles. The molecule has 0 unspecified atom stereocenters. The summed E-state index contributed by atoms with van der Waals surface area (Å²) in [5, 5.41) is 39.7. The minimum atomic E-state index is -1.30. The summed E-state index contributed by atoms with van der Waals surface area (Å²) < 4.78 is 6.92. The molecule has 10 heteroatoms. The van der Waals surface area contributed by atoms with Gasteiger partial charge in [-0.25, -0.2) is 15.0 Å². The number of hydrogen-bond acceptors (Lipinski definition) is 9. The average Bonchev–Trinajstić information content (AvgIpc) is 3.28. The van der Waals surface area contributed by atoms with Crippen LogP contribution in [0.2, 0.25) is 0 Å². The quantitative estimate of drug-likeness (QED) is 0.353. The zero-order valence-corrected chi connectivity index (χ0v) is 15.1. The number of anilines is 1. The van der Waals surface area contributed by atoms with Gasteiger partial charge in [-0.1, -0.05) is 36.3 Å². The van der Waals surface area contributed by atoms with Crippen molar-refractivity contribution in [2.45, 2.75) is 30.6 Å². The summed E-state index contributed by atoms with van der Waals surface area (Å²) in [5.74, 6) is 5.47. The lowest BCUT2D eigenvalue weighted by molar-refractivity contribution is -0.0511. The average molecular weight is 397 g/mol. The zero-order chi connectivity index (χ0) is 20.5. The fraction of sp³-hybridized carbons (Fsp3) is 0.316. The highest BCUT2D eigenvalue weighted by atomic mass is 16.6. The molecule has 1 aliphatic rings. The van der Waals surface area contributed by atoms with E-state index in [1.54, 1.807) is 24.3 Å². The summed E-state index contributed by atoms with van der Waals surface area (Å²) in [6.07, 6.45) is -4.19. The Hall–Kier alpha value is -3.07. The highest BCUT2D eigenvalue weighted by Gasteiger charge is 2.44. The normalized spacial score (nSPS) is 25.0. The van der Waals surface area contributed by atoms with E-state index in [-0.39, 0.29) is 22.8 Å². The Balaban J connectivity index is 1.69. The monoisotopic (exact) mass is 397 g/mol. The molecule has 4 rings (SSSR count). The Morgan fingerprint density at radius 2 is 1.93 bits per heavy atom. The Morgan fingerprint density at radius 3 is 2.62 bits per heavy atom. The molecule has 0 amide bonds. The van der Waals surface area contributed by atoms with Gasteiger partial charge in [0.05, 0.1) is 12.9 Å². The molecule has 0 radical (unpaired) electrons. The van der Waals surface area contributed by atoms with E-state index in [1.807, 2.05) is 6.07 Å². The number of aliphatic hydroxyl groups excluding tert-OH is 4. The number of aromatic nitrogens is 4. The van der Waals surface area contributed by atoms with Gasteiger partial charge < -0.3 is 30.9 Å². The molecule has 29 heavy (non-hydrogen) atoms. The van der Waals surface area contributed by atoms with Crippen LogP contribution in [-0.2, 0) is 4.74 Å². The van der Waals surface area contributed by atoms with Gasteiger partial charge in [0, 0.05) is 0 Å². The van der Waals surface area contributed by atoms with E-state index in [0.717, 1.165) is 0 Å². The molecule has 0 spiro atoms. The number of fused-ring (bicyclic) bond motifs is 1. The summed E-state index contributed by atoms with van der Waals surface area (Å²) in [5.41, 5.74) is 7.10. The smallest absolute Gasteiger partial charge is 0.209 e. The number of benzene rings is 1. The van der Waals surface area contributed by atoms with Crippen LogP contribution in [0.25, 0.3) is 11.2 Å². The fourth-order valence-electron chi connectivity index (χ4n) is 3.14. The molecule has 1 aliphatic heterocycles. The van der Waals surface area contributed by atoms with Crippen LogP contribution < -0.4 is 5.73 Å². The van der Waals surface area contributed by atoms with Gasteiger partial charge in [0.15, 0.2) is 17.7 Å². The molecular formula is C19H19N5O5. The van der Waals surface area contributed by atoms with Crippen molar-refractivity contribution in [3.63, 3.8) is 0 Å². The third-order valence-electron chi connectivity index (χ3n) is 4.68. The lowest BCUT2D eigenvalue weighted by Crippen LogP contribution is -2.33. The molecule has 0 saturated carbocycles. The van der Waals surface area contributed by atoms with Gasteiger partial charge in [0.2, 0.25) is 5.82 Å². The molecule has 0 bridgehead atoms. The van der Waals surface area contributed by atoms with Crippen LogP contribution in [0.1, 0.15) is 23.7 Å². The molecule has 3 heterocycles. The third-order valence-corrected chi connectivity index (χ3v) is 4.68. The number of nitrogens with two attached hydrogens (primary N) is 1. The maximum absolute atomic E-state index is 10.3. The molecule has 3 aromatic rings. The number of hydrogen-bond donors (Lipinski definition) is 5. The Morgan fingerprint density at radius 1 is 1.17 bits per heavy atom. The maximum atomic E-state index is 10.3. The minimum Gasteiger partial charge on any atom is -0.394 e. The highest BCUT2D eigenvalue weighted by molar-refractivity contribution is 5.82. The van der Waals surface area contributed by atoms with Crippen LogP contribution in [-0.4, -0.2) is 64.9 Å². The van der Waals surface area contributed by atoms with E-state index < -0.39 is 37.3 Å². The highest BCUT2D eigenvalue weighted by Crippen LogP contribution is 2.31. The van der Waals surface area contributed by atoms with E-state index in [4.69, 9.17) is 10.5 Å². The molecule has 6 N–H and O–H groups in total. The van der Waals surface area contributed by atoms with E-state index in [0.29, 0.717) is 5.56 Å². The predicted molar refractivity (Wildman–Crippen MR) is 101 cm³/mol. The number of ether oxygens (including phenoxy) is 1. The second-order valence-electron chi connectivity index (χ2n) is 6.57. The third kappa shape index (κ3) is 3.53. The first-order chi connectivity index (χ1) is 14.0. The van der Waals surface area contributed by atoms with E-state index in [2.05, 4.69) is 26.8 Å². The predicted octanol–water partition coefficient (Wildman–Crippen LogP) is -0.895. The number of imidazole rings is 1. The molecule has 1 fully saturated rings. The second kappa shape index (κ2) is 7.75. The van der Waals surface area contributed by atoms with Crippen LogP contribution >= 0.6 is 0 Å². The first-order valence-corrected chi connectivity index (χ1v) is 8.86. The van der Waals surface area contributed by atoms with Crippen molar-refractivity contribution < 1.29 is 25.2 Å². The summed E-state index contributed by atoms with van der Waals surface area (Å²) in [6.45, 7) is -0.452. The summed E-state index contributed by atoms with van der Waals surface area (Å²) in [4.78, 5) is 12.5. The standard InChI is InChI=1S/C19H19N5O5/c20-17-14-18(24(9-21-14)19-16(28)15(27)12(8-25)29-19)23-13(22-17)7-6-11(26)10-4-2-1-3-5-10/h1-5,9,11-12,15-16,19,25-28H,8H2,(H2,20,22,23)/t11-,12-,15-,16-,19-/m1/s1. The van der Waals surface area contributed by atoms with E-state index >= 15 is 0 Å². The molecular weight excluding hydrogens is 378 g/mol. The van der Waals surface area contributed by atoms with Crippen molar-refractivity contribution in [1.29, 1.82) is 0 Å². The lowest BCUT2D eigenvalue weighted by Gasteiger charge is -2.16. The molecule has 5 atom stereocenters. The van der Waals surface area contributed by atoms with Gasteiger partial charge >= 0.3 is 0 Å². The minimum absolute atomic E-state index is 0.0541. The number of nitrogen functional groups attached to an aromatic ring is 1. The summed E-state index contributed by atoms with van der Waals surface area (Å²) in [6, 6.07) is 8.91. The number of rotatable bonds is 3. The first-order valence-electron chi connectivity index (χ1n) is 8.86. The first kappa shape index (κ1) is 19.3. The van der Waals surface area contributed by atoms with Gasteiger partial charge in [-0.3, -0.25) is 4.57 Å². The molecule has 10 nitrogen and oxygen atoms in total. The topological polar surface area (TPSA) is 160 Å². The fourth-order valence-corrected chi connectivity index (χ4v) is 3.14.